The van der Waals surface area contributed by atoms with Crippen LogP contribution in [0.1, 0.15) is 19.4 Å². The molecule has 1 saturated heterocycles. The van der Waals surface area contributed by atoms with Gasteiger partial charge in [-0.05, 0) is 31.5 Å². The lowest BCUT2D eigenvalue weighted by Gasteiger charge is -2.36. The molecule has 0 aromatic heterocycles. The number of rotatable bonds is 8. The van der Waals surface area contributed by atoms with E-state index in [4.69, 9.17) is 14.2 Å². The Bertz CT molecular complexity index is 612. The number of β-amino-alcohol motifs (C(OH)–C–C–N with tert-alkyl or cyclic N) is 1. The first-order valence-electron chi connectivity index (χ1n) is 9.24. The third-order valence-corrected chi connectivity index (χ3v) is 4.92. The smallest absolute Gasteiger partial charge is 0.231 e. The Morgan fingerprint density at radius 2 is 1.88 bits per heavy atom. The summed E-state index contributed by atoms with van der Waals surface area (Å²) in [7, 11) is 0. The van der Waals surface area contributed by atoms with Gasteiger partial charge in [-0.25, -0.2) is 0 Å². The third kappa shape index (κ3) is 5.20. The van der Waals surface area contributed by atoms with E-state index in [0.29, 0.717) is 19.9 Å². The number of ether oxygens (including phenoxy) is 3. The summed E-state index contributed by atoms with van der Waals surface area (Å²) in [5.74, 6) is 1.67. The number of aliphatic hydroxyl groups is 1. The number of hydrogen-bond acceptors (Lipinski definition) is 6. The minimum Gasteiger partial charge on any atom is -0.454 e. The SMILES string of the molecule is C=CC(C)(C)OCC(O)CN1CCN(Cc2ccc3c(c2)OCO3)CC1. The van der Waals surface area contributed by atoms with Crippen LogP contribution in [0.4, 0.5) is 0 Å². The molecule has 3 rings (SSSR count). The van der Waals surface area contributed by atoms with Gasteiger partial charge in [0.2, 0.25) is 6.79 Å². The first kappa shape index (κ1) is 19.2. The molecule has 2 heterocycles. The Balaban J connectivity index is 1.39. The monoisotopic (exact) mass is 362 g/mol. The van der Waals surface area contributed by atoms with Crippen LogP contribution in [-0.4, -0.2) is 72.7 Å². The Kier molecular flexibility index (Phi) is 6.19. The van der Waals surface area contributed by atoms with Crippen molar-refractivity contribution in [3.05, 3.63) is 36.4 Å². The van der Waals surface area contributed by atoms with Gasteiger partial charge < -0.3 is 19.3 Å². The molecule has 26 heavy (non-hydrogen) atoms. The Morgan fingerprint density at radius 1 is 1.19 bits per heavy atom. The summed E-state index contributed by atoms with van der Waals surface area (Å²) < 4.78 is 16.5. The second kappa shape index (κ2) is 8.39. The fraction of sp³-hybridized carbons (Fsp3) is 0.600. The molecule has 0 radical (unpaired) electrons. The second-order valence-electron chi connectivity index (χ2n) is 7.54. The van der Waals surface area contributed by atoms with Crippen molar-refractivity contribution in [2.45, 2.75) is 32.1 Å². The van der Waals surface area contributed by atoms with Crippen molar-refractivity contribution in [1.29, 1.82) is 0 Å². The van der Waals surface area contributed by atoms with Crippen molar-refractivity contribution < 1.29 is 19.3 Å². The van der Waals surface area contributed by atoms with Gasteiger partial charge in [0.15, 0.2) is 11.5 Å². The van der Waals surface area contributed by atoms with Crippen LogP contribution in [0.25, 0.3) is 0 Å². The number of nitrogens with zero attached hydrogens (tertiary/aromatic N) is 2. The van der Waals surface area contributed by atoms with Crippen molar-refractivity contribution in [3.8, 4) is 11.5 Å². The summed E-state index contributed by atoms with van der Waals surface area (Å²) in [6, 6.07) is 6.15. The fourth-order valence-electron chi connectivity index (χ4n) is 3.15. The van der Waals surface area contributed by atoms with E-state index in [1.807, 2.05) is 19.9 Å². The van der Waals surface area contributed by atoms with E-state index in [2.05, 4.69) is 28.5 Å². The van der Waals surface area contributed by atoms with Gasteiger partial charge in [0.25, 0.3) is 0 Å². The molecule has 1 fully saturated rings. The van der Waals surface area contributed by atoms with Crippen molar-refractivity contribution >= 4 is 0 Å². The van der Waals surface area contributed by atoms with Crippen LogP contribution in [0.3, 0.4) is 0 Å². The summed E-state index contributed by atoms with van der Waals surface area (Å²) in [6.45, 7) is 13.7. The van der Waals surface area contributed by atoms with E-state index < -0.39 is 11.7 Å². The third-order valence-electron chi connectivity index (χ3n) is 4.92. The van der Waals surface area contributed by atoms with E-state index >= 15 is 0 Å². The van der Waals surface area contributed by atoms with Crippen LogP contribution >= 0.6 is 0 Å². The van der Waals surface area contributed by atoms with E-state index in [1.54, 1.807) is 6.08 Å². The van der Waals surface area contributed by atoms with Gasteiger partial charge in [-0.2, -0.15) is 0 Å². The van der Waals surface area contributed by atoms with Gasteiger partial charge in [0.1, 0.15) is 0 Å². The summed E-state index contributed by atoms with van der Waals surface area (Å²) in [4.78, 5) is 4.73. The zero-order valence-corrected chi connectivity index (χ0v) is 15.8. The molecular formula is C20H30N2O4. The molecule has 6 heteroatoms. The zero-order chi connectivity index (χ0) is 18.6. The second-order valence-corrected chi connectivity index (χ2v) is 7.54. The maximum Gasteiger partial charge on any atom is 0.231 e. The van der Waals surface area contributed by atoms with Crippen molar-refractivity contribution in [1.82, 2.24) is 9.80 Å². The summed E-state index contributed by atoms with van der Waals surface area (Å²) >= 11 is 0. The highest BCUT2D eigenvalue weighted by Crippen LogP contribution is 2.32. The maximum atomic E-state index is 10.2. The van der Waals surface area contributed by atoms with Crippen LogP contribution in [0.15, 0.2) is 30.9 Å². The van der Waals surface area contributed by atoms with Crippen LogP contribution in [0.2, 0.25) is 0 Å². The number of benzene rings is 1. The molecule has 1 aromatic carbocycles. The molecule has 2 aliphatic rings. The zero-order valence-electron chi connectivity index (χ0n) is 15.8. The van der Waals surface area contributed by atoms with Crippen LogP contribution in [0.5, 0.6) is 11.5 Å². The Hall–Kier alpha value is -1.60. The number of hydrogen-bond donors (Lipinski definition) is 1. The van der Waals surface area contributed by atoms with Gasteiger partial charge in [-0.15, -0.1) is 6.58 Å². The molecule has 0 saturated carbocycles. The van der Waals surface area contributed by atoms with Crippen LogP contribution in [-0.2, 0) is 11.3 Å². The molecule has 1 aromatic rings. The van der Waals surface area contributed by atoms with Gasteiger partial charge in [-0.3, -0.25) is 9.80 Å². The minimum absolute atomic E-state index is 0.313. The maximum absolute atomic E-state index is 10.2. The standard InChI is InChI=1S/C20H30N2O4/c1-4-20(2,3)26-14-17(23)13-22-9-7-21(8-10-22)12-16-5-6-18-19(11-16)25-15-24-18/h4-6,11,17,23H,1,7-10,12-15H2,2-3H3. The van der Waals surface area contributed by atoms with Gasteiger partial charge in [-0.1, -0.05) is 12.1 Å². The average Bonchev–Trinajstić information content (AvgIpc) is 3.10. The highest BCUT2D eigenvalue weighted by molar-refractivity contribution is 5.44. The summed E-state index contributed by atoms with van der Waals surface area (Å²) in [5, 5.41) is 10.2. The van der Waals surface area contributed by atoms with Crippen molar-refractivity contribution in [2.75, 3.05) is 46.1 Å². The number of aliphatic hydroxyl groups excluding tert-OH is 1. The topological polar surface area (TPSA) is 54.4 Å². The average molecular weight is 362 g/mol. The molecular weight excluding hydrogens is 332 g/mol. The molecule has 144 valence electrons. The molecule has 0 aliphatic carbocycles. The highest BCUT2D eigenvalue weighted by atomic mass is 16.7. The van der Waals surface area contributed by atoms with Gasteiger partial charge in [0, 0.05) is 39.3 Å². The Morgan fingerprint density at radius 3 is 2.62 bits per heavy atom. The number of piperazine rings is 1. The fourth-order valence-corrected chi connectivity index (χ4v) is 3.15. The van der Waals surface area contributed by atoms with Gasteiger partial charge in [0.05, 0.1) is 18.3 Å². The quantitative estimate of drug-likeness (QED) is 0.713. The molecule has 0 spiro atoms. The summed E-state index contributed by atoms with van der Waals surface area (Å²) in [5.41, 5.74) is 0.840. The van der Waals surface area contributed by atoms with E-state index in [9.17, 15) is 5.11 Å². The van der Waals surface area contributed by atoms with E-state index in [-0.39, 0.29) is 0 Å². The highest BCUT2D eigenvalue weighted by Gasteiger charge is 2.22. The Labute approximate surface area is 155 Å². The van der Waals surface area contributed by atoms with Crippen LogP contribution < -0.4 is 9.47 Å². The number of fused-ring (bicyclic) bond motifs is 1. The first-order valence-corrected chi connectivity index (χ1v) is 9.24. The molecule has 1 N–H and O–H groups in total. The predicted molar refractivity (Wildman–Crippen MR) is 101 cm³/mol. The predicted octanol–water partition coefficient (Wildman–Crippen LogP) is 1.87. The lowest BCUT2D eigenvalue weighted by atomic mass is 10.1. The van der Waals surface area contributed by atoms with E-state index in [1.165, 1.54) is 5.56 Å². The van der Waals surface area contributed by atoms with E-state index in [0.717, 1.165) is 44.2 Å². The molecule has 0 bridgehead atoms. The summed E-state index contributed by atoms with van der Waals surface area (Å²) in [6.07, 6.45) is 1.28. The molecule has 2 aliphatic heterocycles. The lowest BCUT2D eigenvalue weighted by molar-refractivity contribution is -0.0451. The molecule has 1 atom stereocenters. The normalized spacial score (nSPS) is 19.5. The first-order chi connectivity index (χ1) is 12.4. The minimum atomic E-state index is -0.477. The molecule has 1 unspecified atom stereocenters. The van der Waals surface area contributed by atoms with Gasteiger partial charge >= 0.3 is 0 Å². The lowest BCUT2D eigenvalue weighted by Crippen LogP contribution is -2.48. The van der Waals surface area contributed by atoms with Crippen LogP contribution in [0, 0.1) is 0 Å². The molecule has 6 nitrogen and oxygen atoms in total. The van der Waals surface area contributed by atoms with Crippen molar-refractivity contribution in [2.24, 2.45) is 0 Å². The largest absolute Gasteiger partial charge is 0.454 e. The van der Waals surface area contributed by atoms with Crippen molar-refractivity contribution in [3.63, 3.8) is 0 Å². The molecule has 0 amide bonds.